The van der Waals surface area contributed by atoms with Crippen molar-refractivity contribution in [3.05, 3.63) is 58.7 Å². The molecule has 0 saturated carbocycles. The molecule has 0 atom stereocenters. The molecule has 0 spiro atoms. The van der Waals surface area contributed by atoms with Crippen molar-refractivity contribution in [2.75, 3.05) is 13.6 Å². The van der Waals surface area contributed by atoms with Crippen LogP contribution in [0.15, 0.2) is 36.4 Å². The summed E-state index contributed by atoms with van der Waals surface area (Å²) in [5.41, 5.74) is 5.05. The molecular formula is C18H23NO3. The third-order valence-electron chi connectivity index (χ3n) is 4.25. The number of fused-ring (bicyclic) bond motifs is 2. The molecule has 1 aliphatic heterocycles. The van der Waals surface area contributed by atoms with Crippen LogP contribution in [-0.2, 0) is 25.8 Å². The van der Waals surface area contributed by atoms with E-state index < -0.39 is 0 Å². The third-order valence-corrected chi connectivity index (χ3v) is 4.25. The highest BCUT2D eigenvalue weighted by atomic mass is 16.3. The highest BCUT2D eigenvalue weighted by Gasteiger charge is 2.12. The minimum absolute atomic E-state index is 0. The van der Waals surface area contributed by atoms with Crippen LogP contribution in [0, 0.1) is 0 Å². The topological polar surface area (TPSA) is 75.2 Å². The van der Waals surface area contributed by atoms with E-state index in [-0.39, 0.29) is 5.48 Å². The maximum Gasteiger partial charge on any atom is 0.115 e. The van der Waals surface area contributed by atoms with E-state index in [4.69, 9.17) is 0 Å². The first-order valence-electron chi connectivity index (χ1n) is 7.42. The number of nitrogens with zero attached hydrogens (tertiary/aromatic N) is 1. The normalized spacial score (nSPS) is 15.3. The van der Waals surface area contributed by atoms with Crippen molar-refractivity contribution in [2.45, 2.75) is 25.8 Å². The molecule has 0 fully saturated rings. The Balaban J connectivity index is 0.00000176. The van der Waals surface area contributed by atoms with Crippen molar-refractivity contribution in [1.82, 2.24) is 4.90 Å². The van der Waals surface area contributed by atoms with Crippen molar-refractivity contribution >= 4 is 0 Å². The molecule has 4 nitrogen and oxygen atoms in total. The van der Waals surface area contributed by atoms with Gasteiger partial charge in [-0.05, 0) is 72.8 Å². The zero-order chi connectivity index (χ0) is 14.8. The van der Waals surface area contributed by atoms with Crippen molar-refractivity contribution in [2.24, 2.45) is 0 Å². The number of likely N-dealkylation sites (N-methyl/N-ethyl adjacent to an activating group) is 1. The summed E-state index contributed by atoms with van der Waals surface area (Å²) in [5.74, 6) is 0.684. The quantitative estimate of drug-likeness (QED) is 0.782. The number of aryl methyl sites for hydroxylation is 2. The van der Waals surface area contributed by atoms with Crippen molar-refractivity contribution in [1.29, 1.82) is 0 Å². The molecule has 22 heavy (non-hydrogen) atoms. The average Bonchev–Trinajstić information content (AvgIpc) is 2.45. The molecule has 2 aromatic carbocycles. The second-order valence-corrected chi connectivity index (χ2v) is 5.89. The van der Waals surface area contributed by atoms with Crippen LogP contribution in [0.4, 0.5) is 0 Å². The number of aromatic hydroxyl groups is 2. The summed E-state index contributed by atoms with van der Waals surface area (Å²) in [7, 11) is 2.10. The zero-order valence-corrected chi connectivity index (χ0v) is 12.8. The maximum atomic E-state index is 9.70. The lowest BCUT2D eigenvalue weighted by molar-refractivity contribution is 0.328. The Bertz CT molecular complexity index is 655. The Labute approximate surface area is 131 Å². The second kappa shape index (κ2) is 6.81. The van der Waals surface area contributed by atoms with Gasteiger partial charge in [0, 0.05) is 13.1 Å². The first-order chi connectivity index (χ1) is 10.1. The highest BCUT2D eigenvalue weighted by molar-refractivity contribution is 5.39. The molecule has 118 valence electrons. The van der Waals surface area contributed by atoms with Gasteiger partial charge in [0.05, 0.1) is 0 Å². The van der Waals surface area contributed by atoms with Gasteiger partial charge in [-0.1, -0.05) is 12.1 Å². The van der Waals surface area contributed by atoms with Gasteiger partial charge < -0.3 is 20.6 Å². The van der Waals surface area contributed by atoms with E-state index in [0.29, 0.717) is 11.5 Å². The smallest absolute Gasteiger partial charge is 0.115 e. The Kier molecular flexibility index (Phi) is 5.06. The lowest BCUT2D eigenvalue weighted by Crippen LogP contribution is -2.23. The Morgan fingerprint density at radius 3 is 1.95 bits per heavy atom. The number of phenols is 2. The van der Waals surface area contributed by atoms with Gasteiger partial charge in [-0.15, -0.1) is 0 Å². The maximum absolute atomic E-state index is 9.70. The van der Waals surface area contributed by atoms with Gasteiger partial charge in [0.2, 0.25) is 0 Å². The first kappa shape index (κ1) is 16.3. The molecule has 2 aromatic rings. The van der Waals surface area contributed by atoms with E-state index >= 15 is 0 Å². The molecule has 1 aliphatic rings. The third kappa shape index (κ3) is 3.59. The number of benzene rings is 2. The molecule has 4 N–H and O–H groups in total. The highest BCUT2D eigenvalue weighted by Crippen LogP contribution is 2.24. The SMILES string of the molecule is CN1CCc2cc(O)ccc2CCc2ccc(O)cc2C1.O. The van der Waals surface area contributed by atoms with Gasteiger partial charge in [-0.3, -0.25) is 0 Å². The lowest BCUT2D eigenvalue weighted by atomic mass is 9.94. The van der Waals surface area contributed by atoms with Gasteiger partial charge in [0.25, 0.3) is 0 Å². The summed E-state index contributed by atoms with van der Waals surface area (Å²) in [6, 6.07) is 11.4. The molecule has 3 rings (SSSR count). The fraction of sp³-hybridized carbons (Fsp3) is 0.333. The van der Waals surface area contributed by atoms with Crippen molar-refractivity contribution in [3.63, 3.8) is 0 Å². The summed E-state index contributed by atoms with van der Waals surface area (Å²) in [5, 5.41) is 19.4. The van der Waals surface area contributed by atoms with Crippen LogP contribution in [0.25, 0.3) is 0 Å². The minimum atomic E-state index is 0. The molecular weight excluding hydrogens is 278 g/mol. The van der Waals surface area contributed by atoms with Crippen LogP contribution in [0.1, 0.15) is 22.3 Å². The molecule has 0 saturated heterocycles. The Hall–Kier alpha value is -2.04. The summed E-state index contributed by atoms with van der Waals surface area (Å²) >= 11 is 0. The van der Waals surface area contributed by atoms with Crippen LogP contribution in [0.2, 0.25) is 0 Å². The van der Waals surface area contributed by atoms with Crippen molar-refractivity contribution < 1.29 is 15.7 Å². The molecule has 0 aromatic heterocycles. The second-order valence-electron chi connectivity index (χ2n) is 5.89. The molecule has 0 unspecified atom stereocenters. The van der Waals surface area contributed by atoms with E-state index in [9.17, 15) is 10.2 Å². The predicted molar refractivity (Wildman–Crippen MR) is 87.3 cm³/mol. The molecule has 0 aliphatic carbocycles. The molecule has 1 heterocycles. The molecule has 0 amide bonds. The minimum Gasteiger partial charge on any atom is -0.508 e. The standard InChI is InChI=1S/C18H21NO2.H2O/c1-19-9-8-15-10-17(20)6-4-13(15)2-3-14-5-7-18(21)11-16(14)12-19;/h4-7,10-11,20-21H,2-3,8-9,12H2,1H3;1H2. The Morgan fingerprint density at radius 2 is 1.32 bits per heavy atom. The average molecular weight is 301 g/mol. The van der Waals surface area contributed by atoms with Gasteiger partial charge >= 0.3 is 0 Å². The largest absolute Gasteiger partial charge is 0.508 e. The lowest BCUT2D eigenvalue weighted by Gasteiger charge is -2.22. The van der Waals surface area contributed by atoms with Crippen LogP contribution in [0.5, 0.6) is 11.5 Å². The number of hydrogen-bond donors (Lipinski definition) is 2. The van der Waals surface area contributed by atoms with Crippen molar-refractivity contribution in [3.8, 4) is 11.5 Å². The van der Waals surface area contributed by atoms with E-state index in [1.54, 1.807) is 12.1 Å². The predicted octanol–water partition coefficient (Wildman–Crippen LogP) is 2.05. The molecule has 4 heteroatoms. The first-order valence-corrected chi connectivity index (χ1v) is 7.42. The van der Waals surface area contributed by atoms with Crippen LogP contribution in [-0.4, -0.2) is 34.2 Å². The fourth-order valence-corrected chi connectivity index (χ4v) is 3.04. The molecule has 0 bridgehead atoms. The van der Waals surface area contributed by atoms with Crippen LogP contribution >= 0.6 is 0 Å². The number of rotatable bonds is 0. The monoisotopic (exact) mass is 301 g/mol. The summed E-state index contributed by atoms with van der Waals surface area (Å²) < 4.78 is 0. The number of phenolic OH excluding ortho intramolecular Hbond substituents is 2. The number of hydrogen-bond acceptors (Lipinski definition) is 3. The molecule has 0 radical (unpaired) electrons. The van der Waals surface area contributed by atoms with Crippen LogP contribution < -0.4 is 0 Å². The summed E-state index contributed by atoms with van der Waals surface area (Å²) in [6.45, 7) is 1.78. The fourth-order valence-electron chi connectivity index (χ4n) is 3.04. The van der Waals surface area contributed by atoms with E-state index in [1.165, 1.54) is 22.3 Å². The van der Waals surface area contributed by atoms with Gasteiger partial charge in [0.1, 0.15) is 11.5 Å². The zero-order valence-electron chi connectivity index (χ0n) is 12.8. The van der Waals surface area contributed by atoms with E-state index in [0.717, 1.165) is 32.4 Å². The summed E-state index contributed by atoms with van der Waals surface area (Å²) in [4.78, 5) is 2.26. The van der Waals surface area contributed by atoms with Crippen LogP contribution in [0.3, 0.4) is 0 Å². The van der Waals surface area contributed by atoms with Gasteiger partial charge in [-0.2, -0.15) is 0 Å². The summed E-state index contributed by atoms with van der Waals surface area (Å²) in [6.07, 6.45) is 2.87. The Morgan fingerprint density at radius 1 is 0.773 bits per heavy atom. The van der Waals surface area contributed by atoms with E-state index in [1.807, 2.05) is 24.3 Å². The van der Waals surface area contributed by atoms with E-state index in [2.05, 4.69) is 11.9 Å². The van der Waals surface area contributed by atoms with Gasteiger partial charge in [0.15, 0.2) is 0 Å². The van der Waals surface area contributed by atoms with Gasteiger partial charge in [-0.25, -0.2) is 0 Å².